The molecule has 0 saturated heterocycles. The average Bonchev–Trinajstić information content (AvgIpc) is 2.25. The molecule has 0 spiro atoms. The molecular formula is C13H18ClN. The highest BCUT2D eigenvalue weighted by Gasteiger charge is 1.82. The van der Waals surface area contributed by atoms with Gasteiger partial charge in [-0.2, -0.15) is 0 Å². The van der Waals surface area contributed by atoms with Crippen molar-refractivity contribution in [1.82, 2.24) is 5.32 Å². The molecule has 0 fully saturated rings. The van der Waals surface area contributed by atoms with Crippen LogP contribution in [0.1, 0.15) is 25.3 Å². The molecule has 0 amide bonds. The van der Waals surface area contributed by atoms with Crippen molar-refractivity contribution in [3.8, 4) is 11.8 Å². The predicted molar refractivity (Wildman–Crippen MR) is 68.3 cm³/mol. The van der Waals surface area contributed by atoms with E-state index in [-0.39, 0.29) is 12.4 Å². The molecule has 15 heavy (non-hydrogen) atoms. The van der Waals surface area contributed by atoms with Gasteiger partial charge in [0.1, 0.15) is 0 Å². The predicted octanol–water partition coefficient (Wildman–Crippen LogP) is 2.85. The van der Waals surface area contributed by atoms with Crippen molar-refractivity contribution < 1.29 is 0 Å². The van der Waals surface area contributed by atoms with E-state index in [2.05, 4.69) is 24.1 Å². The van der Waals surface area contributed by atoms with E-state index in [1.54, 1.807) is 0 Å². The average molecular weight is 224 g/mol. The minimum atomic E-state index is 0. The summed E-state index contributed by atoms with van der Waals surface area (Å²) in [6.07, 6.45) is 2.46. The molecule has 0 radical (unpaired) electrons. The Morgan fingerprint density at radius 1 is 1.20 bits per heavy atom. The van der Waals surface area contributed by atoms with E-state index >= 15 is 0 Å². The minimum Gasteiger partial charge on any atom is -0.306 e. The Labute approximate surface area is 98.7 Å². The second kappa shape index (κ2) is 9.58. The highest BCUT2D eigenvalue weighted by molar-refractivity contribution is 5.85. The first-order valence-corrected chi connectivity index (χ1v) is 5.18. The molecule has 0 aromatic heterocycles. The summed E-state index contributed by atoms with van der Waals surface area (Å²) in [6, 6.07) is 10.1. The van der Waals surface area contributed by atoms with E-state index in [9.17, 15) is 0 Å². The van der Waals surface area contributed by atoms with Gasteiger partial charge in [0.25, 0.3) is 0 Å². The van der Waals surface area contributed by atoms with Crippen molar-refractivity contribution in [1.29, 1.82) is 0 Å². The summed E-state index contributed by atoms with van der Waals surface area (Å²) in [5, 5.41) is 3.28. The summed E-state index contributed by atoms with van der Waals surface area (Å²) in [5.74, 6) is 6.21. The van der Waals surface area contributed by atoms with Crippen LogP contribution in [0.3, 0.4) is 0 Å². The first-order valence-electron chi connectivity index (χ1n) is 5.18. The first-order chi connectivity index (χ1) is 6.93. The first kappa shape index (κ1) is 14.0. The number of nitrogens with one attached hydrogen (secondary N) is 1. The molecule has 1 aromatic carbocycles. The lowest BCUT2D eigenvalue weighted by Gasteiger charge is -1.95. The summed E-state index contributed by atoms with van der Waals surface area (Å²) < 4.78 is 0. The van der Waals surface area contributed by atoms with Gasteiger partial charge in [0.05, 0.1) is 6.54 Å². The van der Waals surface area contributed by atoms with Gasteiger partial charge in [-0.15, -0.1) is 12.4 Å². The van der Waals surface area contributed by atoms with E-state index in [1.165, 1.54) is 12.8 Å². The zero-order chi connectivity index (χ0) is 10.1. The van der Waals surface area contributed by atoms with Crippen LogP contribution in [0.4, 0.5) is 0 Å². The van der Waals surface area contributed by atoms with Crippen molar-refractivity contribution in [2.45, 2.75) is 19.8 Å². The topological polar surface area (TPSA) is 12.0 Å². The SMILES string of the molecule is CCCCNCC#Cc1ccccc1.Cl. The quantitative estimate of drug-likeness (QED) is 0.612. The van der Waals surface area contributed by atoms with Crippen LogP contribution in [-0.2, 0) is 0 Å². The molecule has 1 nitrogen and oxygen atoms in total. The summed E-state index contributed by atoms with van der Waals surface area (Å²) >= 11 is 0. The second-order valence-electron chi connectivity index (χ2n) is 3.20. The molecule has 0 bridgehead atoms. The smallest absolute Gasteiger partial charge is 0.0580 e. The third-order valence-electron chi connectivity index (χ3n) is 1.93. The molecule has 1 aromatic rings. The van der Waals surface area contributed by atoms with Crippen LogP contribution in [0.25, 0.3) is 0 Å². The Morgan fingerprint density at radius 2 is 1.93 bits per heavy atom. The van der Waals surface area contributed by atoms with Crippen LogP contribution < -0.4 is 5.32 Å². The Morgan fingerprint density at radius 3 is 2.60 bits per heavy atom. The normalized spacial score (nSPS) is 8.60. The summed E-state index contributed by atoms with van der Waals surface area (Å²) in [7, 11) is 0. The molecule has 0 aliphatic rings. The standard InChI is InChI=1S/C13H17N.ClH/c1-2-3-11-14-12-7-10-13-8-5-4-6-9-13;/h4-6,8-9,14H,2-3,11-12H2,1H3;1H. The van der Waals surface area contributed by atoms with E-state index in [1.807, 2.05) is 30.3 Å². The van der Waals surface area contributed by atoms with Gasteiger partial charge in [-0.25, -0.2) is 0 Å². The number of hydrogen-bond donors (Lipinski definition) is 1. The second-order valence-corrected chi connectivity index (χ2v) is 3.20. The molecule has 0 unspecified atom stereocenters. The fourth-order valence-electron chi connectivity index (χ4n) is 1.12. The van der Waals surface area contributed by atoms with Gasteiger partial charge in [-0.3, -0.25) is 0 Å². The van der Waals surface area contributed by atoms with Gasteiger partial charge >= 0.3 is 0 Å². The highest BCUT2D eigenvalue weighted by Crippen LogP contribution is 1.94. The molecule has 2 heteroatoms. The van der Waals surface area contributed by atoms with Crippen molar-refractivity contribution >= 4 is 12.4 Å². The van der Waals surface area contributed by atoms with Crippen molar-refractivity contribution in [3.63, 3.8) is 0 Å². The Kier molecular flexibility index (Phi) is 8.96. The fraction of sp³-hybridized carbons (Fsp3) is 0.385. The monoisotopic (exact) mass is 223 g/mol. The molecule has 0 aliphatic heterocycles. The number of halogens is 1. The van der Waals surface area contributed by atoms with Crippen molar-refractivity contribution in [2.75, 3.05) is 13.1 Å². The van der Waals surface area contributed by atoms with Crippen LogP contribution in [0.15, 0.2) is 30.3 Å². The Balaban J connectivity index is 0.00000196. The lowest BCUT2D eigenvalue weighted by molar-refractivity contribution is 0.687. The third-order valence-corrected chi connectivity index (χ3v) is 1.93. The number of hydrogen-bond acceptors (Lipinski definition) is 1. The molecule has 0 atom stereocenters. The van der Waals surface area contributed by atoms with Gasteiger partial charge in [0.2, 0.25) is 0 Å². The van der Waals surface area contributed by atoms with Crippen LogP contribution in [0.2, 0.25) is 0 Å². The molecule has 0 saturated carbocycles. The lowest BCUT2D eigenvalue weighted by atomic mass is 10.2. The largest absolute Gasteiger partial charge is 0.306 e. The van der Waals surface area contributed by atoms with Gasteiger partial charge in [0.15, 0.2) is 0 Å². The summed E-state index contributed by atoms with van der Waals surface area (Å²) in [6.45, 7) is 4.05. The van der Waals surface area contributed by atoms with E-state index in [0.29, 0.717) is 0 Å². The van der Waals surface area contributed by atoms with Crippen LogP contribution in [-0.4, -0.2) is 13.1 Å². The maximum Gasteiger partial charge on any atom is 0.0580 e. The molecule has 82 valence electrons. The van der Waals surface area contributed by atoms with Crippen molar-refractivity contribution in [3.05, 3.63) is 35.9 Å². The minimum absolute atomic E-state index is 0. The molecular weight excluding hydrogens is 206 g/mol. The van der Waals surface area contributed by atoms with Gasteiger partial charge in [0, 0.05) is 5.56 Å². The number of unbranched alkanes of at least 4 members (excludes halogenated alkanes) is 1. The van der Waals surface area contributed by atoms with Crippen LogP contribution in [0, 0.1) is 11.8 Å². The van der Waals surface area contributed by atoms with Gasteiger partial charge in [-0.05, 0) is 25.1 Å². The third kappa shape index (κ3) is 7.02. The number of benzene rings is 1. The summed E-state index contributed by atoms with van der Waals surface area (Å²) in [5.41, 5.74) is 1.09. The maximum atomic E-state index is 3.28. The van der Waals surface area contributed by atoms with E-state index < -0.39 is 0 Å². The highest BCUT2D eigenvalue weighted by atomic mass is 35.5. The number of rotatable bonds is 4. The van der Waals surface area contributed by atoms with E-state index in [4.69, 9.17) is 0 Å². The van der Waals surface area contributed by atoms with E-state index in [0.717, 1.165) is 18.7 Å². The molecule has 1 rings (SSSR count). The molecule has 0 heterocycles. The summed E-state index contributed by atoms with van der Waals surface area (Å²) in [4.78, 5) is 0. The fourth-order valence-corrected chi connectivity index (χ4v) is 1.12. The maximum absolute atomic E-state index is 3.28. The van der Waals surface area contributed by atoms with Gasteiger partial charge in [-0.1, -0.05) is 43.4 Å². The Hall–Kier alpha value is -0.970. The Bertz CT molecular complexity index is 297. The zero-order valence-electron chi connectivity index (χ0n) is 9.12. The van der Waals surface area contributed by atoms with Gasteiger partial charge < -0.3 is 5.32 Å². The zero-order valence-corrected chi connectivity index (χ0v) is 9.94. The van der Waals surface area contributed by atoms with Crippen LogP contribution in [0.5, 0.6) is 0 Å². The van der Waals surface area contributed by atoms with Crippen LogP contribution >= 0.6 is 12.4 Å². The van der Waals surface area contributed by atoms with Crippen molar-refractivity contribution in [2.24, 2.45) is 0 Å². The molecule has 1 N–H and O–H groups in total. The lowest BCUT2D eigenvalue weighted by Crippen LogP contribution is -2.14. The molecule has 0 aliphatic carbocycles.